The second-order valence-corrected chi connectivity index (χ2v) is 5.37. The van der Waals surface area contributed by atoms with Crippen molar-refractivity contribution in [2.24, 2.45) is 0 Å². The lowest BCUT2D eigenvalue weighted by molar-refractivity contribution is 0.568. The summed E-state index contributed by atoms with van der Waals surface area (Å²) in [7, 11) is 0. The Morgan fingerprint density at radius 2 is 1.33 bits per heavy atom. The molecule has 2 nitrogen and oxygen atoms in total. The molecule has 1 aromatic rings. The zero-order valence-corrected chi connectivity index (χ0v) is 11.3. The lowest BCUT2D eigenvalue weighted by Gasteiger charge is -2.36. The van der Waals surface area contributed by atoms with Crippen molar-refractivity contribution in [3.8, 4) is 0 Å². The molecule has 0 radical (unpaired) electrons. The number of hydrogen-bond acceptors (Lipinski definition) is 2. The van der Waals surface area contributed by atoms with E-state index in [1.807, 2.05) is 0 Å². The average Bonchev–Trinajstić information content (AvgIpc) is 2.28. The summed E-state index contributed by atoms with van der Waals surface area (Å²) in [5.74, 6) is 0. The highest BCUT2D eigenvalue weighted by Gasteiger charge is 2.26. The molecule has 0 amide bonds. The summed E-state index contributed by atoms with van der Waals surface area (Å²) < 4.78 is 0. The molecule has 0 unspecified atom stereocenters. The Morgan fingerprint density at radius 3 is 1.67 bits per heavy atom. The SMILES string of the molecule is C=C(C)C[C@H]1Nc2ccccc2N[C@@H]1CC(=C)C. The van der Waals surface area contributed by atoms with E-state index in [9.17, 15) is 0 Å². The maximum Gasteiger partial charge on any atom is 0.0579 e. The second-order valence-electron chi connectivity index (χ2n) is 5.37. The molecule has 2 N–H and O–H groups in total. The third kappa shape index (κ3) is 2.95. The number of anilines is 2. The molecule has 0 fully saturated rings. The lowest BCUT2D eigenvalue weighted by Crippen LogP contribution is -2.43. The number of benzene rings is 1. The molecule has 18 heavy (non-hydrogen) atoms. The van der Waals surface area contributed by atoms with Crippen molar-refractivity contribution in [1.29, 1.82) is 0 Å². The fourth-order valence-corrected chi connectivity index (χ4v) is 2.47. The zero-order valence-electron chi connectivity index (χ0n) is 11.3. The van der Waals surface area contributed by atoms with Crippen molar-refractivity contribution in [2.45, 2.75) is 38.8 Å². The van der Waals surface area contributed by atoms with E-state index in [1.54, 1.807) is 0 Å². The minimum Gasteiger partial charge on any atom is -0.378 e. The third-order valence-electron chi connectivity index (χ3n) is 3.23. The van der Waals surface area contributed by atoms with Gasteiger partial charge in [0.1, 0.15) is 0 Å². The minimum absolute atomic E-state index is 0.383. The summed E-state index contributed by atoms with van der Waals surface area (Å²) in [6.45, 7) is 12.2. The smallest absolute Gasteiger partial charge is 0.0579 e. The van der Waals surface area contributed by atoms with Gasteiger partial charge in [0.15, 0.2) is 0 Å². The van der Waals surface area contributed by atoms with E-state index in [2.05, 4.69) is 61.9 Å². The van der Waals surface area contributed by atoms with Gasteiger partial charge in [-0.05, 0) is 38.8 Å². The van der Waals surface area contributed by atoms with Crippen LogP contribution in [0.1, 0.15) is 26.7 Å². The molecule has 1 heterocycles. The summed E-state index contributed by atoms with van der Waals surface area (Å²) in [6.07, 6.45) is 1.97. The molecule has 1 aliphatic heterocycles. The first kappa shape index (κ1) is 12.7. The van der Waals surface area contributed by atoms with Gasteiger partial charge in [0.2, 0.25) is 0 Å². The first-order chi connectivity index (χ1) is 8.56. The first-order valence-electron chi connectivity index (χ1n) is 6.47. The number of fused-ring (bicyclic) bond motifs is 1. The van der Waals surface area contributed by atoms with Crippen LogP contribution in [0.15, 0.2) is 48.6 Å². The molecule has 1 aromatic carbocycles. The Labute approximate surface area is 110 Å². The topological polar surface area (TPSA) is 24.1 Å². The summed E-state index contributed by atoms with van der Waals surface area (Å²) >= 11 is 0. The predicted octanol–water partition coefficient (Wildman–Crippen LogP) is 4.19. The van der Waals surface area contributed by atoms with Crippen LogP contribution < -0.4 is 10.6 Å². The molecule has 0 spiro atoms. The van der Waals surface area contributed by atoms with Crippen LogP contribution in [0.4, 0.5) is 11.4 Å². The van der Waals surface area contributed by atoms with Crippen LogP contribution in [0.25, 0.3) is 0 Å². The molecule has 1 aliphatic rings. The molecule has 0 bridgehead atoms. The maximum absolute atomic E-state index is 4.03. The van der Waals surface area contributed by atoms with Gasteiger partial charge in [-0.1, -0.05) is 23.3 Å². The van der Waals surface area contributed by atoms with Gasteiger partial charge >= 0.3 is 0 Å². The minimum atomic E-state index is 0.383. The van der Waals surface area contributed by atoms with Crippen LogP contribution in [-0.4, -0.2) is 12.1 Å². The summed E-state index contributed by atoms with van der Waals surface area (Å²) in [5, 5.41) is 7.24. The van der Waals surface area contributed by atoms with Gasteiger partial charge in [0.05, 0.1) is 23.5 Å². The first-order valence-corrected chi connectivity index (χ1v) is 6.47. The second kappa shape index (κ2) is 5.30. The Morgan fingerprint density at radius 1 is 0.944 bits per heavy atom. The molecule has 0 saturated heterocycles. The number of rotatable bonds is 4. The van der Waals surface area contributed by atoms with E-state index in [1.165, 1.54) is 22.5 Å². The Balaban J connectivity index is 2.21. The monoisotopic (exact) mass is 242 g/mol. The summed E-state index contributed by atoms with van der Waals surface area (Å²) in [4.78, 5) is 0. The van der Waals surface area contributed by atoms with Crippen molar-refractivity contribution < 1.29 is 0 Å². The number of hydrogen-bond donors (Lipinski definition) is 2. The molecule has 2 heteroatoms. The van der Waals surface area contributed by atoms with Gasteiger partial charge in [0, 0.05) is 0 Å². The van der Waals surface area contributed by atoms with E-state index in [0.717, 1.165) is 12.8 Å². The maximum atomic E-state index is 4.03. The molecule has 0 aromatic heterocycles. The Hall–Kier alpha value is -1.70. The molecule has 0 aliphatic carbocycles. The van der Waals surface area contributed by atoms with Crippen LogP contribution >= 0.6 is 0 Å². The van der Waals surface area contributed by atoms with Gasteiger partial charge in [-0.15, -0.1) is 13.2 Å². The Bertz CT molecular complexity index is 419. The van der Waals surface area contributed by atoms with Gasteiger partial charge in [0.25, 0.3) is 0 Å². The van der Waals surface area contributed by atoms with Crippen LogP contribution in [0.5, 0.6) is 0 Å². The van der Waals surface area contributed by atoms with Crippen LogP contribution in [-0.2, 0) is 0 Å². The largest absolute Gasteiger partial charge is 0.378 e. The molecule has 2 atom stereocenters. The van der Waals surface area contributed by atoms with Crippen molar-refractivity contribution in [1.82, 2.24) is 0 Å². The van der Waals surface area contributed by atoms with Crippen molar-refractivity contribution in [2.75, 3.05) is 10.6 Å². The van der Waals surface area contributed by atoms with E-state index < -0.39 is 0 Å². The zero-order chi connectivity index (χ0) is 13.1. The fraction of sp³-hybridized carbons (Fsp3) is 0.375. The Kier molecular flexibility index (Phi) is 3.75. The molecular formula is C16H22N2. The van der Waals surface area contributed by atoms with Crippen LogP contribution in [0.3, 0.4) is 0 Å². The van der Waals surface area contributed by atoms with Crippen molar-refractivity contribution in [3.63, 3.8) is 0 Å². The molecular weight excluding hydrogens is 220 g/mol. The van der Waals surface area contributed by atoms with E-state index >= 15 is 0 Å². The van der Waals surface area contributed by atoms with Crippen molar-refractivity contribution in [3.05, 3.63) is 48.6 Å². The molecule has 0 saturated carbocycles. The quantitative estimate of drug-likeness (QED) is 0.773. The van der Waals surface area contributed by atoms with Crippen molar-refractivity contribution >= 4 is 11.4 Å². The van der Waals surface area contributed by atoms with Crippen LogP contribution in [0.2, 0.25) is 0 Å². The third-order valence-corrected chi connectivity index (χ3v) is 3.23. The normalized spacial score (nSPS) is 21.4. The lowest BCUT2D eigenvalue weighted by atomic mass is 9.93. The van der Waals surface area contributed by atoms with E-state index in [0.29, 0.717) is 12.1 Å². The number of para-hydroxylation sites is 2. The van der Waals surface area contributed by atoms with Crippen LogP contribution in [0, 0.1) is 0 Å². The van der Waals surface area contributed by atoms with Gasteiger partial charge in [-0.2, -0.15) is 0 Å². The van der Waals surface area contributed by atoms with Gasteiger partial charge in [-0.3, -0.25) is 0 Å². The van der Waals surface area contributed by atoms with Gasteiger partial charge in [-0.25, -0.2) is 0 Å². The molecule has 96 valence electrons. The summed E-state index contributed by atoms with van der Waals surface area (Å²) in [6, 6.07) is 9.12. The highest BCUT2D eigenvalue weighted by atomic mass is 15.1. The summed E-state index contributed by atoms with van der Waals surface area (Å²) in [5.41, 5.74) is 4.78. The highest BCUT2D eigenvalue weighted by molar-refractivity contribution is 5.72. The average molecular weight is 242 g/mol. The highest BCUT2D eigenvalue weighted by Crippen LogP contribution is 2.31. The standard InChI is InChI=1S/C16H22N2/c1-11(2)9-15-16(10-12(3)4)18-14-8-6-5-7-13(14)17-15/h5-8,15-18H,1,3,9-10H2,2,4H3/t15-,16-/m1/s1. The molecule has 2 rings (SSSR count). The number of nitrogens with one attached hydrogen (secondary N) is 2. The fourth-order valence-electron chi connectivity index (χ4n) is 2.47. The van der Waals surface area contributed by atoms with E-state index in [4.69, 9.17) is 0 Å². The predicted molar refractivity (Wildman–Crippen MR) is 80.1 cm³/mol. The van der Waals surface area contributed by atoms with Gasteiger partial charge < -0.3 is 10.6 Å². The van der Waals surface area contributed by atoms with E-state index in [-0.39, 0.29) is 0 Å².